The van der Waals surface area contributed by atoms with E-state index in [0.29, 0.717) is 0 Å². The molecule has 0 saturated heterocycles. The molecule has 4 nitrogen and oxygen atoms in total. The van der Waals surface area contributed by atoms with E-state index in [-0.39, 0.29) is 37.4 Å². The van der Waals surface area contributed by atoms with Crippen LogP contribution in [-0.4, -0.2) is 23.9 Å². The van der Waals surface area contributed by atoms with E-state index < -0.39 is 5.82 Å². The summed E-state index contributed by atoms with van der Waals surface area (Å²) < 4.78 is 13.0. The Balaban J connectivity index is 2.81. The van der Waals surface area contributed by atoms with E-state index in [1.165, 1.54) is 23.1 Å². The van der Waals surface area contributed by atoms with Gasteiger partial charge in [0.15, 0.2) is 0 Å². The topological polar surface area (TPSA) is 67.9 Å². The fourth-order valence-corrected chi connectivity index (χ4v) is 1.49. The van der Waals surface area contributed by atoms with E-state index in [0.717, 1.165) is 6.07 Å². The number of benzene rings is 1. The number of rotatable bonds is 5. The standard InChI is InChI=1S/C13H12FN3O/c14-12-5-1-4-11(10-12)13(18)17(8-2-6-15)9-3-7-16/h1,4-5,10H,2-3,8-9H2. The first kappa shape index (κ1) is 13.7. The molecule has 0 saturated carbocycles. The fourth-order valence-electron chi connectivity index (χ4n) is 1.49. The summed E-state index contributed by atoms with van der Waals surface area (Å²) in [5, 5.41) is 17.0. The zero-order valence-electron chi connectivity index (χ0n) is 9.77. The number of nitrogens with zero attached hydrogens (tertiary/aromatic N) is 3. The number of hydrogen-bond acceptors (Lipinski definition) is 3. The fraction of sp³-hybridized carbons (Fsp3) is 0.308. The molecule has 0 fully saturated rings. The zero-order chi connectivity index (χ0) is 13.4. The molecule has 0 radical (unpaired) electrons. The molecule has 1 rings (SSSR count). The molecule has 0 aliphatic rings. The van der Waals surface area contributed by atoms with Crippen LogP contribution in [0.5, 0.6) is 0 Å². The third-order valence-electron chi connectivity index (χ3n) is 2.35. The first-order valence-electron chi connectivity index (χ1n) is 5.47. The van der Waals surface area contributed by atoms with Crippen LogP contribution in [0.15, 0.2) is 24.3 Å². The van der Waals surface area contributed by atoms with Crippen molar-refractivity contribution in [2.45, 2.75) is 12.8 Å². The van der Waals surface area contributed by atoms with Crippen LogP contribution in [0.3, 0.4) is 0 Å². The molecule has 1 amide bonds. The monoisotopic (exact) mass is 245 g/mol. The van der Waals surface area contributed by atoms with Gasteiger partial charge in [-0.15, -0.1) is 0 Å². The highest BCUT2D eigenvalue weighted by Gasteiger charge is 2.15. The lowest BCUT2D eigenvalue weighted by Gasteiger charge is -2.20. The van der Waals surface area contributed by atoms with Gasteiger partial charge in [0.25, 0.3) is 5.91 Å². The predicted molar refractivity (Wildman–Crippen MR) is 62.8 cm³/mol. The summed E-state index contributed by atoms with van der Waals surface area (Å²) >= 11 is 0. The number of amides is 1. The van der Waals surface area contributed by atoms with Gasteiger partial charge in [-0.05, 0) is 18.2 Å². The van der Waals surface area contributed by atoms with Gasteiger partial charge in [0.2, 0.25) is 0 Å². The molecule has 0 aliphatic carbocycles. The van der Waals surface area contributed by atoms with Gasteiger partial charge in [-0.2, -0.15) is 10.5 Å². The zero-order valence-corrected chi connectivity index (χ0v) is 9.77. The first-order valence-corrected chi connectivity index (χ1v) is 5.47. The minimum Gasteiger partial charge on any atom is -0.337 e. The van der Waals surface area contributed by atoms with Crippen molar-refractivity contribution in [3.8, 4) is 12.1 Å². The highest BCUT2D eigenvalue weighted by molar-refractivity contribution is 5.94. The van der Waals surface area contributed by atoms with Crippen LogP contribution in [-0.2, 0) is 0 Å². The molecule has 18 heavy (non-hydrogen) atoms. The Hall–Kier alpha value is -2.40. The largest absolute Gasteiger partial charge is 0.337 e. The normalized spacial score (nSPS) is 9.28. The lowest BCUT2D eigenvalue weighted by atomic mass is 10.2. The number of carbonyl (C=O) groups is 1. The third kappa shape index (κ3) is 3.88. The molecule has 0 heterocycles. The van der Waals surface area contributed by atoms with Crippen molar-refractivity contribution in [1.82, 2.24) is 4.90 Å². The van der Waals surface area contributed by atoms with Crippen molar-refractivity contribution < 1.29 is 9.18 Å². The van der Waals surface area contributed by atoms with Crippen molar-refractivity contribution in [3.63, 3.8) is 0 Å². The van der Waals surface area contributed by atoms with Gasteiger partial charge < -0.3 is 4.90 Å². The summed E-state index contributed by atoms with van der Waals surface area (Å²) in [5.41, 5.74) is 0.228. The maximum atomic E-state index is 13.0. The average Bonchev–Trinajstić information content (AvgIpc) is 2.38. The van der Waals surface area contributed by atoms with Crippen LogP contribution < -0.4 is 0 Å². The van der Waals surface area contributed by atoms with Gasteiger partial charge >= 0.3 is 0 Å². The summed E-state index contributed by atoms with van der Waals surface area (Å²) in [6.07, 6.45) is 0.374. The second kappa shape index (κ2) is 7.03. The van der Waals surface area contributed by atoms with Gasteiger partial charge in [-0.1, -0.05) is 6.07 Å². The quantitative estimate of drug-likeness (QED) is 0.797. The van der Waals surface area contributed by atoms with Gasteiger partial charge in [0.05, 0.1) is 25.0 Å². The third-order valence-corrected chi connectivity index (χ3v) is 2.35. The van der Waals surface area contributed by atoms with Crippen LogP contribution in [0.2, 0.25) is 0 Å². The van der Waals surface area contributed by atoms with Gasteiger partial charge in [-0.3, -0.25) is 4.79 Å². The lowest BCUT2D eigenvalue weighted by molar-refractivity contribution is 0.0762. The number of hydrogen-bond donors (Lipinski definition) is 0. The molecule has 0 aliphatic heterocycles. The lowest BCUT2D eigenvalue weighted by Crippen LogP contribution is -2.32. The Morgan fingerprint density at radius 2 is 1.83 bits per heavy atom. The molecule has 0 atom stereocenters. The highest BCUT2D eigenvalue weighted by atomic mass is 19.1. The maximum Gasteiger partial charge on any atom is 0.254 e. The summed E-state index contributed by atoms with van der Waals surface area (Å²) in [6, 6.07) is 9.25. The van der Waals surface area contributed by atoms with Gasteiger partial charge in [0, 0.05) is 18.7 Å². The summed E-state index contributed by atoms with van der Waals surface area (Å²) in [7, 11) is 0. The Morgan fingerprint density at radius 3 is 2.33 bits per heavy atom. The van der Waals surface area contributed by atoms with Crippen molar-refractivity contribution in [3.05, 3.63) is 35.6 Å². The Morgan fingerprint density at radius 1 is 1.22 bits per heavy atom. The summed E-state index contributed by atoms with van der Waals surface area (Å²) in [6.45, 7) is 0.487. The minimum atomic E-state index is -0.485. The molecular weight excluding hydrogens is 233 g/mol. The van der Waals surface area contributed by atoms with E-state index in [1.54, 1.807) is 0 Å². The Bertz CT molecular complexity index is 484. The average molecular weight is 245 g/mol. The molecule has 0 aromatic heterocycles. The molecule has 1 aromatic carbocycles. The molecular formula is C13H12FN3O. The van der Waals surface area contributed by atoms with Crippen molar-refractivity contribution in [2.24, 2.45) is 0 Å². The summed E-state index contributed by atoms with van der Waals surface area (Å²) in [4.78, 5) is 13.4. The number of carbonyl (C=O) groups excluding carboxylic acids is 1. The van der Waals surface area contributed by atoms with Crippen molar-refractivity contribution >= 4 is 5.91 Å². The molecule has 92 valence electrons. The van der Waals surface area contributed by atoms with E-state index in [9.17, 15) is 9.18 Å². The highest BCUT2D eigenvalue weighted by Crippen LogP contribution is 2.08. The van der Waals surface area contributed by atoms with Gasteiger partial charge in [0.1, 0.15) is 5.82 Å². The minimum absolute atomic E-state index is 0.187. The van der Waals surface area contributed by atoms with E-state index in [4.69, 9.17) is 10.5 Å². The summed E-state index contributed by atoms with van der Waals surface area (Å²) in [5.74, 6) is -0.846. The van der Waals surface area contributed by atoms with E-state index in [2.05, 4.69) is 0 Å². The van der Waals surface area contributed by atoms with Crippen LogP contribution in [0.1, 0.15) is 23.2 Å². The molecule has 1 aromatic rings. The van der Waals surface area contributed by atoms with Crippen LogP contribution >= 0.6 is 0 Å². The molecule has 0 bridgehead atoms. The van der Waals surface area contributed by atoms with E-state index in [1.807, 2.05) is 12.1 Å². The Labute approximate surface area is 105 Å². The number of nitriles is 2. The maximum absolute atomic E-state index is 13.0. The Kier molecular flexibility index (Phi) is 5.34. The number of halogens is 1. The molecule has 5 heteroatoms. The molecule has 0 unspecified atom stereocenters. The van der Waals surface area contributed by atoms with Crippen molar-refractivity contribution in [1.29, 1.82) is 10.5 Å². The predicted octanol–water partition coefficient (Wildman–Crippen LogP) is 2.10. The van der Waals surface area contributed by atoms with E-state index >= 15 is 0 Å². The van der Waals surface area contributed by atoms with Crippen LogP contribution in [0, 0.1) is 28.5 Å². The second-order valence-corrected chi connectivity index (χ2v) is 3.62. The molecule has 0 N–H and O–H groups in total. The SMILES string of the molecule is N#CCCN(CCC#N)C(=O)c1cccc(F)c1. The van der Waals surface area contributed by atoms with Crippen LogP contribution in [0.4, 0.5) is 4.39 Å². The first-order chi connectivity index (χ1) is 8.69. The van der Waals surface area contributed by atoms with Gasteiger partial charge in [-0.25, -0.2) is 4.39 Å². The van der Waals surface area contributed by atoms with Crippen LogP contribution in [0.25, 0.3) is 0 Å². The van der Waals surface area contributed by atoms with Crippen molar-refractivity contribution in [2.75, 3.05) is 13.1 Å². The second-order valence-electron chi connectivity index (χ2n) is 3.62. The smallest absolute Gasteiger partial charge is 0.254 e. The molecule has 0 spiro atoms.